The number of methoxy groups -OCH3 is 1. The van der Waals surface area contributed by atoms with Gasteiger partial charge in [-0.2, -0.15) is 0 Å². The molecule has 4 nitrogen and oxygen atoms in total. The van der Waals surface area contributed by atoms with E-state index in [0.29, 0.717) is 13.0 Å². The highest BCUT2D eigenvalue weighted by molar-refractivity contribution is 5.79. The Morgan fingerprint density at radius 1 is 1.41 bits per heavy atom. The quantitative estimate of drug-likeness (QED) is 0.785. The van der Waals surface area contributed by atoms with E-state index in [9.17, 15) is 4.79 Å². The molecule has 1 unspecified atom stereocenters. The molecular formula is C13H20N2O2. The second-order valence-corrected chi connectivity index (χ2v) is 4.42. The molecule has 0 heterocycles. The van der Waals surface area contributed by atoms with E-state index in [-0.39, 0.29) is 5.97 Å². The van der Waals surface area contributed by atoms with Crippen LogP contribution in [0.5, 0.6) is 0 Å². The van der Waals surface area contributed by atoms with E-state index in [4.69, 9.17) is 5.73 Å². The van der Waals surface area contributed by atoms with Gasteiger partial charge < -0.3 is 15.4 Å². The van der Waals surface area contributed by atoms with Crippen LogP contribution in [0.15, 0.2) is 30.3 Å². The average molecular weight is 236 g/mol. The molecule has 0 spiro atoms. The number of esters is 1. The van der Waals surface area contributed by atoms with Gasteiger partial charge in [-0.3, -0.25) is 4.79 Å². The Balaban J connectivity index is 2.54. The van der Waals surface area contributed by atoms with Crippen molar-refractivity contribution in [2.45, 2.75) is 18.9 Å². The van der Waals surface area contributed by atoms with Crippen LogP contribution in [0.1, 0.15) is 13.3 Å². The molecule has 94 valence electrons. The topological polar surface area (TPSA) is 55.6 Å². The second kappa shape index (κ2) is 5.68. The maximum Gasteiger partial charge on any atom is 0.325 e. The van der Waals surface area contributed by atoms with Crippen molar-refractivity contribution in [3.8, 4) is 0 Å². The molecule has 2 N–H and O–H groups in total. The summed E-state index contributed by atoms with van der Waals surface area (Å²) in [5, 5.41) is 0. The van der Waals surface area contributed by atoms with E-state index < -0.39 is 5.54 Å². The predicted octanol–water partition coefficient (Wildman–Crippen LogP) is 1.40. The maximum atomic E-state index is 11.4. The van der Waals surface area contributed by atoms with Gasteiger partial charge in [0.05, 0.1) is 7.11 Å². The summed E-state index contributed by atoms with van der Waals surface area (Å²) >= 11 is 0. The summed E-state index contributed by atoms with van der Waals surface area (Å²) in [6, 6.07) is 9.97. The van der Waals surface area contributed by atoms with Crippen molar-refractivity contribution in [1.29, 1.82) is 0 Å². The molecule has 0 aliphatic carbocycles. The van der Waals surface area contributed by atoms with Gasteiger partial charge >= 0.3 is 5.97 Å². The van der Waals surface area contributed by atoms with E-state index in [0.717, 1.165) is 5.69 Å². The van der Waals surface area contributed by atoms with Crippen LogP contribution >= 0.6 is 0 Å². The summed E-state index contributed by atoms with van der Waals surface area (Å²) in [5.41, 5.74) is 6.07. The van der Waals surface area contributed by atoms with Crippen molar-refractivity contribution >= 4 is 11.7 Å². The van der Waals surface area contributed by atoms with Crippen molar-refractivity contribution in [1.82, 2.24) is 0 Å². The Morgan fingerprint density at radius 3 is 2.53 bits per heavy atom. The molecule has 0 amide bonds. The minimum Gasteiger partial charge on any atom is -0.468 e. The molecule has 1 aromatic carbocycles. The predicted molar refractivity (Wildman–Crippen MR) is 68.9 cm³/mol. The fraction of sp³-hybridized carbons (Fsp3) is 0.462. The first-order chi connectivity index (χ1) is 7.97. The van der Waals surface area contributed by atoms with Crippen LogP contribution in [0, 0.1) is 0 Å². The van der Waals surface area contributed by atoms with Crippen molar-refractivity contribution in [2.75, 3.05) is 25.6 Å². The van der Waals surface area contributed by atoms with Gasteiger partial charge in [-0.15, -0.1) is 0 Å². The van der Waals surface area contributed by atoms with Crippen LogP contribution in [-0.4, -0.2) is 32.2 Å². The van der Waals surface area contributed by atoms with Gasteiger partial charge in [-0.25, -0.2) is 0 Å². The number of para-hydroxylation sites is 1. The molecule has 1 atom stereocenters. The van der Waals surface area contributed by atoms with Crippen LogP contribution in [0.25, 0.3) is 0 Å². The summed E-state index contributed by atoms with van der Waals surface area (Å²) in [7, 11) is 3.33. The Bertz CT molecular complexity index is 363. The number of hydrogen-bond acceptors (Lipinski definition) is 4. The zero-order valence-electron chi connectivity index (χ0n) is 10.6. The number of carbonyl (C=O) groups excluding carboxylic acids is 1. The minimum atomic E-state index is -0.933. The molecular weight excluding hydrogens is 216 g/mol. The summed E-state index contributed by atoms with van der Waals surface area (Å²) < 4.78 is 4.67. The van der Waals surface area contributed by atoms with E-state index >= 15 is 0 Å². The van der Waals surface area contributed by atoms with Crippen molar-refractivity contribution in [3.05, 3.63) is 30.3 Å². The highest BCUT2D eigenvalue weighted by Crippen LogP contribution is 2.14. The normalized spacial score (nSPS) is 13.9. The first-order valence-corrected chi connectivity index (χ1v) is 5.61. The summed E-state index contributed by atoms with van der Waals surface area (Å²) in [6.07, 6.45) is 0.547. The Kier molecular flexibility index (Phi) is 4.52. The molecule has 4 heteroatoms. The van der Waals surface area contributed by atoms with E-state index in [1.165, 1.54) is 7.11 Å². The molecule has 17 heavy (non-hydrogen) atoms. The summed E-state index contributed by atoms with van der Waals surface area (Å²) in [4.78, 5) is 13.5. The maximum absolute atomic E-state index is 11.4. The van der Waals surface area contributed by atoms with Crippen molar-refractivity contribution < 1.29 is 9.53 Å². The molecule has 0 bridgehead atoms. The van der Waals surface area contributed by atoms with Gasteiger partial charge in [0, 0.05) is 19.3 Å². The average Bonchev–Trinajstić information content (AvgIpc) is 2.36. The van der Waals surface area contributed by atoms with E-state index in [2.05, 4.69) is 9.64 Å². The molecule has 1 aromatic rings. The largest absolute Gasteiger partial charge is 0.468 e. The lowest BCUT2D eigenvalue weighted by Gasteiger charge is -2.26. The van der Waals surface area contributed by atoms with Crippen LogP contribution in [0.2, 0.25) is 0 Å². The Hall–Kier alpha value is -1.55. The smallest absolute Gasteiger partial charge is 0.325 e. The monoisotopic (exact) mass is 236 g/mol. The summed E-state index contributed by atoms with van der Waals surface area (Å²) in [6.45, 7) is 2.39. The third kappa shape index (κ3) is 3.75. The third-order valence-electron chi connectivity index (χ3n) is 2.82. The highest BCUT2D eigenvalue weighted by atomic mass is 16.5. The van der Waals surface area contributed by atoms with Crippen molar-refractivity contribution in [3.63, 3.8) is 0 Å². The standard InChI is InChI=1S/C13H20N2O2/c1-13(14,12(16)17-3)9-10-15(2)11-7-5-4-6-8-11/h4-8H,9-10,14H2,1-3H3. The van der Waals surface area contributed by atoms with Gasteiger partial charge in [0.25, 0.3) is 0 Å². The number of carbonyl (C=O) groups is 1. The molecule has 0 saturated heterocycles. The van der Waals surface area contributed by atoms with Gasteiger partial charge in [0.2, 0.25) is 0 Å². The fourth-order valence-electron chi connectivity index (χ4n) is 1.55. The number of nitrogens with zero attached hydrogens (tertiary/aromatic N) is 1. The van der Waals surface area contributed by atoms with Crippen LogP contribution in [0.4, 0.5) is 5.69 Å². The molecule has 1 rings (SSSR count). The molecule has 0 aliphatic rings. The molecule has 0 fully saturated rings. The molecule has 0 saturated carbocycles. The van der Waals surface area contributed by atoms with E-state index in [1.807, 2.05) is 37.4 Å². The molecule has 0 radical (unpaired) electrons. The molecule has 0 aromatic heterocycles. The number of anilines is 1. The minimum absolute atomic E-state index is 0.376. The van der Waals surface area contributed by atoms with Crippen LogP contribution in [0.3, 0.4) is 0 Å². The fourth-order valence-corrected chi connectivity index (χ4v) is 1.55. The van der Waals surface area contributed by atoms with Gasteiger partial charge in [-0.1, -0.05) is 18.2 Å². The molecule has 0 aliphatic heterocycles. The lowest BCUT2D eigenvalue weighted by atomic mass is 9.99. The van der Waals surface area contributed by atoms with Crippen LogP contribution in [-0.2, 0) is 9.53 Å². The van der Waals surface area contributed by atoms with Gasteiger partial charge in [0.15, 0.2) is 0 Å². The lowest BCUT2D eigenvalue weighted by Crippen LogP contribution is -2.47. The third-order valence-corrected chi connectivity index (χ3v) is 2.82. The number of hydrogen-bond donors (Lipinski definition) is 1. The zero-order valence-corrected chi connectivity index (χ0v) is 10.6. The number of nitrogens with two attached hydrogens (primary N) is 1. The number of ether oxygens (including phenoxy) is 1. The number of benzene rings is 1. The SMILES string of the molecule is COC(=O)C(C)(N)CCN(C)c1ccccc1. The zero-order chi connectivity index (χ0) is 12.9. The van der Waals surface area contributed by atoms with Gasteiger partial charge in [-0.05, 0) is 25.5 Å². The van der Waals surface area contributed by atoms with Gasteiger partial charge in [0.1, 0.15) is 5.54 Å². The number of rotatable bonds is 5. The Morgan fingerprint density at radius 2 is 2.00 bits per heavy atom. The second-order valence-electron chi connectivity index (χ2n) is 4.42. The van der Waals surface area contributed by atoms with Crippen molar-refractivity contribution in [2.24, 2.45) is 5.73 Å². The lowest BCUT2D eigenvalue weighted by molar-refractivity contribution is -0.146. The first-order valence-electron chi connectivity index (χ1n) is 5.61. The summed E-state index contributed by atoms with van der Waals surface area (Å²) in [5.74, 6) is -0.376. The Labute approximate surface area is 102 Å². The highest BCUT2D eigenvalue weighted by Gasteiger charge is 2.29. The first kappa shape index (κ1) is 13.5. The van der Waals surface area contributed by atoms with E-state index in [1.54, 1.807) is 6.92 Å². The van der Waals surface area contributed by atoms with Crippen LogP contribution < -0.4 is 10.6 Å².